The van der Waals surface area contributed by atoms with Gasteiger partial charge in [-0.15, -0.1) is 0 Å². The Bertz CT molecular complexity index is 684. The molecule has 0 fully saturated rings. The Morgan fingerprint density at radius 3 is 2.58 bits per heavy atom. The number of nitrogens with one attached hydrogen (secondary N) is 1. The van der Waals surface area contributed by atoms with Gasteiger partial charge in [0.05, 0.1) is 7.11 Å². The minimum atomic E-state index is -0.596. The maximum Gasteiger partial charge on any atom is 0.265 e. The van der Waals surface area contributed by atoms with Crippen molar-refractivity contribution in [3.63, 3.8) is 0 Å². The number of hydrogen-bond acceptors (Lipinski definition) is 3. The van der Waals surface area contributed by atoms with Crippen molar-refractivity contribution in [1.29, 1.82) is 0 Å². The first-order valence-electron chi connectivity index (χ1n) is 8.25. The van der Waals surface area contributed by atoms with Gasteiger partial charge in [-0.1, -0.05) is 38.1 Å². The molecule has 2 rings (SSSR count). The van der Waals surface area contributed by atoms with Crippen LogP contribution in [0.25, 0.3) is 0 Å². The molecule has 0 heterocycles. The Hall–Kier alpha value is -2.49. The van der Waals surface area contributed by atoms with Crippen molar-refractivity contribution in [2.24, 2.45) is 0 Å². The van der Waals surface area contributed by atoms with Crippen LogP contribution in [0.3, 0.4) is 0 Å². The van der Waals surface area contributed by atoms with Crippen LogP contribution in [0.4, 0.5) is 5.69 Å². The molecule has 2 aromatic carbocycles. The molecule has 4 heteroatoms. The largest absolute Gasteiger partial charge is 0.497 e. The van der Waals surface area contributed by atoms with Crippen molar-refractivity contribution in [3.05, 3.63) is 54.1 Å². The van der Waals surface area contributed by atoms with Crippen molar-refractivity contribution in [1.82, 2.24) is 0 Å². The SMILES string of the molecule is CCC(C)c1ccccc1OC(C)C(=O)Nc1cccc(OC)c1. The van der Waals surface area contributed by atoms with E-state index < -0.39 is 6.10 Å². The third-order valence-electron chi connectivity index (χ3n) is 4.07. The molecule has 0 bridgehead atoms. The van der Waals surface area contributed by atoms with Crippen LogP contribution in [0.1, 0.15) is 38.7 Å². The Labute approximate surface area is 143 Å². The molecule has 4 nitrogen and oxygen atoms in total. The van der Waals surface area contributed by atoms with Gasteiger partial charge in [-0.2, -0.15) is 0 Å². The van der Waals surface area contributed by atoms with Gasteiger partial charge in [0, 0.05) is 11.8 Å². The van der Waals surface area contributed by atoms with E-state index in [-0.39, 0.29) is 5.91 Å². The maximum absolute atomic E-state index is 12.4. The highest BCUT2D eigenvalue weighted by molar-refractivity contribution is 5.94. The van der Waals surface area contributed by atoms with Crippen LogP contribution in [-0.2, 0) is 4.79 Å². The monoisotopic (exact) mass is 327 g/mol. The summed E-state index contributed by atoms with van der Waals surface area (Å²) in [6.45, 7) is 6.05. The molecular weight excluding hydrogens is 302 g/mol. The number of hydrogen-bond donors (Lipinski definition) is 1. The van der Waals surface area contributed by atoms with E-state index in [4.69, 9.17) is 9.47 Å². The lowest BCUT2D eigenvalue weighted by molar-refractivity contribution is -0.122. The van der Waals surface area contributed by atoms with E-state index in [0.717, 1.165) is 17.7 Å². The van der Waals surface area contributed by atoms with E-state index in [1.807, 2.05) is 36.4 Å². The maximum atomic E-state index is 12.4. The Morgan fingerprint density at radius 1 is 1.12 bits per heavy atom. The molecule has 0 aliphatic heterocycles. The van der Waals surface area contributed by atoms with Crippen LogP contribution in [0.15, 0.2) is 48.5 Å². The summed E-state index contributed by atoms with van der Waals surface area (Å²) in [5.74, 6) is 1.65. The van der Waals surface area contributed by atoms with Crippen molar-refractivity contribution < 1.29 is 14.3 Å². The van der Waals surface area contributed by atoms with Crippen LogP contribution in [0, 0.1) is 0 Å². The summed E-state index contributed by atoms with van der Waals surface area (Å²) in [4.78, 5) is 12.4. The molecular formula is C20H25NO3. The predicted octanol–water partition coefficient (Wildman–Crippen LogP) is 4.61. The Kier molecular flexibility index (Phi) is 6.24. The lowest BCUT2D eigenvalue weighted by Crippen LogP contribution is -2.30. The predicted molar refractivity (Wildman–Crippen MR) is 96.9 cm³/mol. The zero-order valence-electron chi connectivity index (χ0n) is 14.7. The number of benzene rings is 2. The molecule has 1 amide bonds. The minimum absolute atomic E-state index is 0.192. The molecule has 0 radical (unpaired) electrons. The van der Waals surface area contributed by atoms with E-state index in [9.17, 15) is 4.79 Å². The molecule has 0 saturated carbocycles. The van der Waals surface area contributed by atoms with Crippen molar-refractivity contribution in [3.8, 4) is 11.5 Å². The van der Waals surface area contributed by atoms with E-state index in [1.54, 1.807) is 20.1 Å². The molecule has 24 heavy (non-hydrogen) atoms. The van der Waals surface area contributed by atoms with Crippen LogP contribution in [0.2, 0.25) is 0 Å². The fourth-order valence-corrected chi connectivity index (χ4v) is 2.40. The molecule has 2 atom stereocenters. The second-order valence-corrected chi connectivity index (χ2v) is 5.83. The lowest BCUT2D eigenvalue weighted by atomic mass is 9.98. The number of carbonyl (C=O) groups excluding carboxylic acids is 1. The van der Waals surface area contributed by atoms with Crippen LogP contribution in [0.5, 0.6) is 11.5 Å². The molecule has 0 spiro atoms. The van der Waals surface area contributed by atoms with E-state index in [2.05, 4.69) is 25.2 Å². The van der Waals surface area contributed by atoms with E-state index in [0.29, 0.717) is 17.4 Å². The third-order valence-corrected chi connectivity index (χ3v) is 4.07. The number of ether oxygens (including phenoxy) is 2. The Balaban J connectivity index is 2.06. The number of anilines is 1. The van der Waals surface area contributed by atoms with Gasteiger partial charge in [0.15, 0.2) is 6.10 Å². The molecule has 0 aliphatic carbocycles. The minimum Gasteiger partial charge on any atom is -0.497 e. The quantitative estimate of drug-likeness (QED) is 0.807. The standard InChI is InChI=1S/C20H25NO3/c1-5-14(2)18-11-6-7-12-19(18)24-15(3)20(22)21-16-9-8-10-17(13-16)23-4/h6-15H,5H2,1-4H3,(H,21,22). The summed E-state index contributed by atoms with van der Waals surface area (Å²) >= 11 is 0. The molecule has 0 aromatic heterocycles. The van der Waals surface area contributed by atoms with Gasteiger partial charge in [-0.25, -0.2) is 0 Å². The zero-order valence-corrected chi connectivity index (χ0v) is 14.7. The van der Waals surface area contributed by atoms with Gasteiger partial charge >= 0.3 is 0 Å². The number of rotatable bonds is 7. The van der Waals surface area contributed by atoms with Gasteiger partial charge in [0.1, 0.15) is 11.5 Å². The van der Waals surface area contributed by atoms with Crippen molar-refractivity contribution in [2.75, 3.05) is 12.4 Å². The highest BCUT2D eigenvalue weighted by Gasteiger charge is 2.18. The second kappa shape index (κ2) is 8.39. The normalized spacial score (nSPS) is 13.0. The summed E-state index contributed by atoms with van der Waals surface area (Å²) in [7, 11) is 1.60. The number of methoxy groups -OCH3 is 1. The van der Waals surface area contributed by atoms with Gasteiger partial charge < -0.3 is 14.8 Å². The van der Waals surface area contributed by atoms with Gasteiger partial charge in [0.2, 0.25) is 0 Å². The summed E-state index contributed by atoms with van der Waals surface area (Å²) in [6, 6.07) is 15.1. The summed E-state index contributed by atoms with van der Waals surface area (Å²) < 4.78 is 11.1. The van der Waals surface area contributed by atoms with E-state index >= 15 is 0 Å². The lowest BCUT2D eigenvalue weighted by Gasteiger charge is -2.19. The summed E-state index contributed by atoms with van der Waals surface area (Å²) in [5, 5.41) is 2.86. The van der Waals surface area contributed by atoms with Crippen LogP contribution < -0.4 is 14.8 Å². The summed E-state index contributed by atoms with van der Waals surface area (Å²) in [6.07, 6.45) is 0.423. The fraction of sp³-hybridized carbons (Fsp3) is 0.350. The Morgan fingerprint density at radius 2 is 1.88 bits per heavy atom. The molecule has 2 aromatic rings. The first-order chi connectivity index (χ1) is 11.5. The van der Waals surface area contributed by atoms with Gasteiger partial charge in [-0.3, -0.25) is 4.79 Å². The number of amides is 1. The van der Waals surface area contributed by atoms with Gasteiger partial charge in [0.25, 0.3) is 5.91 Å². The fourth-order valence-electron chi connectivity index (χ4n) is 2.40. The molecule has 128 valence electrons. The molecule has 2 unspecified atom stereocenters. The average molecular weight is 327 g/mol. The number of carbonyl (C=O) groups is 1. The number of para-hydroxylation sites is 1. The summed E-state index contributed by atoms with van der Waals surface area (Å²) in [5.41, 5.74) is 1.81. The third kappa shape index (κ3) is 4.51. The van der Waals surface area contributed by atoms with Crippen LogP contribution in [-0.4, -0.2) is 19.1 Å². The second-order valence-electron chi connectivity index (χ2n) is 5.83. The van der Waals surface area contributed by atoms with E-state index in [1.165, 1.54) is 0 Å². The molecule has 0 aliphatic rings. The average Bonchev–Trinajstić information content (AvgIpc) is 2.61. The zero-order chi connectivity index (χ0) is 17.5. The smallest absolute Gasteiger partial charge is 0.265 e. The van der Waals surface area contributed by atoms with Gasteiger partial charge in [-0.05, 0) is 43.0 Å². The topological polar surface area (TPSA) is 47.6 Å². The first kappa shape index (κ1) is 17.9. The highest BCUT2D eigenvalue weighted by Crippen LogP contribution is 2.29. The highest BCUT2D eigenvalue weighted by atomic mass is 16.5. The molecule has 0 saturated heterocycles. The van der Waals surface area contributed by atoms with Crippen molar-refractivity contribution >= 4 is 11.6 Å². The molecule has 1 N–H and O–H groups in total. The van der Waals surface area contributed by atoms with Crippen LogP contribution >= 0.6 is 0 Å². The van der Waals surface area contributed by atoms with Crippen molar-refractivity contribution in [2.45, 2.75) is 39.2 Å². The first-order valence-corrected chi connectivity index (χ1v) is 8.25.